The topological polar surface area (TPSA) is 58.2 Å². The van der Waals surface area contributed by atoms with E-state index in [1.807, 2.05) is 48.5 Å². The van der Waals surface area contributed by atoms with Crippen molar-refractivity contribution in [1.82, 2.24) is 15.1 Å². The van der Waals surface area contributed by atoms with Crippen molar-refractivity contribution in [3.05, 3.63) is 70.3 Å². The van der Waals surface area contributed by atoms with Gasteiger partial charge in [-0.1, -0.05) is 46.3 Å². The molecule has 0 saturated carbocycles. The minimum absolute atomic E-state index is 0.0873. The fraction of sp³-hybridized carbons (Fsp3) is 0.200. The molecule has 0 unspecified atom stereocenters. The maximum atomic E-state index is 12.6. The Balaban J connectivity index is 1.66. The molecule has 0 spiro atoms. The van der Waals surface area contributed by atoms with Crippen molar-refractivity contribution in [3.8, 4) is 17.0 Å². The van der Waals surface area contributed by atoms with E-state index in [9.17, 15) is 4.79 Å². The van der Waals surface area contributed by atoms with Crippen LogP contribution >= 0.6 is 15.9 Å². The Morgan fingerprint density at radius 2 is 1.92 bits per heavy atom. The molecule has 1 amide bonds. The summed E-state index contributed by atoms with van der Waals surface area (Å²) in [5.41, 5.74) is 3.26. The Kier molecular flexibility index (Phi) is 5.73. The summed E-state index contributed by atoms with van der Waals surface area (Å²) in [5.74, 6) is 0.753. The molecule has 1 aromatic heterocycles. The first-order chi connectivity index (χ1) is 12.6. The minimum atomic E-state index is -0.0873. The zero-order valence-corrected chi connectivity index (χ0v) is 16.3. The van der Waals surface area contributed by atoms with Crippen molar-refractivity contribution in [2.24, 2.45) is 0 Å². The van der Waals surface area contributed by atoms with Crippen LogP contribution in [0.5, 0.6) is 5.75 Å². The fourth-order valence-corrected chi connectivity index (χ4v) is 2.97. The Morgan fingerprint density at radius 1 is 1.19 bits per heavy atom. The molecule has 0 aliphatic carbocycles. The second-order valence-corrected chi connectivity index (χ2v) is 6.88. The van der Waals surface area contributed by atoms with E-state index < -0.39 is 0 Å². The van der Waals surface area contributed by atoms with Gasteiger partial charge in [-0.05, 0) is 36.2 Å². The molecule has 0 saturated heterocycles. The zero-order valence-electron chi connectivity index (χ0n) is 14.7. The molecular weight excluding hydrogens is 394 g/mol. The summed E-state index contributed by atoms with van der Waals surface area (Å²) in [7, 11) is 3.44. The highest BCUT2D eigenvalue weighted by Crippen LogP contribution is 2.21. The predicted octanol–water partition coefficient (Wildman–Crippen LogP) is 4.16. The normalized spacial score (nSPS) is 10.6. The lowest BCUT2D eigenvalue weighted by molar-refractivity contribution is 0.0790. The van der Waals surface area contributed by atoms with Gasteiger partial charge in [-0.2, -0.15) is 5.10 Å². The van der Waals surface area contributed by atoms with E-state index in [-0.39, 0.29) is 5.91 Å². The monoisotopic (exact) mass is 413 g/mol. The summed E-state index contributed by atoms with van der Waals surface area (Å²) in [6.07, 6.45) is 0.722. The molecule has 2 aromatic carbocycles. The molecule has 6 heteroatoms. The van der Waals surface area contributed by atoms with Crippen molar-refractivity contribution in [2.45, 2.75) is 6.42 Å². The number of hydrogen-bond acceptors (Lipinski definition) is 3. The third kappa shape index (κ3) is 4.14. The van der Waals surface area contributed by atoms with Gasteiger partial charge in [-0.3, -0.25) is 9.89 Å². The van der Waals surface area contributed by atoms with Gasteiger partial charge in [0.05, 0.1) is 12.8 Å². The van der Waals surface area contributed by atoms with Gasteiger partial charge in [0.1, 0.15) is 11.4 Å². The number of likely N-dealkylation sites (N-methyl/N-ethyl adjacent to an activating group) is 1. The van der Waals surface area contributed by atoms with Crippen molar-refractivity contribution in [3.63, 3.8) is 0 Å². The Bertz CT molecular complexity index is 890. The molecule has 0 atom stereocenters. The van der Waals surface area contributed by atoms with E-state index in [4.69, 9.17) is 4.74 Å². The number of methoxy groups -OCH3 is 1. The summed E-state index contributed by atoms with van der Waals surface area (Å²) in [6.45, 7) is 0.589. The maximum Gasteiger partial charge on any atom is 0.271 e. The molecule has 3 rings (SSSR count). The molecule has 1 N–H and O–H groups in total. The molecule has 0 bridgehead atoms. The predicted molar refractivity (Wildman–Crippen MR) is 105 cm³/mol. The number of ether oxygens (including phenoxy) is 1. The number of carbonyl (C=O) groups is 1. The van der Waals surface area contributed by atoms with Crippen LogP contribution in [0, 0.1) is 0 Å². The number of aromatic nitrogens is 2. The molecule has 5 nitrogen and oxygen atoms in total. The van der Waals surface area contributed by atoms with Crippen molar-refractivity contribution < 1.29 is 9.53 Å². The van der Waals surface area contributed by atoms with Crippen molar-refractivity contribution in [1.29, 1.82) is 0 Å². The van der Waals surface area contributed by atoms with E-state index >= 15 is 0 Å². The number of amides is 1. The highest BCUT2D eigenvalue weighted by Gasteiger charge is 2.16. The van der Waals surface area contributed by atoms with Crippen LogP contribution in [0.4, 0.5) is 0 Å². The third-order valence-electron chi connectivity index (χ3n) is 4.20. The van der Waals surface area contributed by atoms with E-state index in [2.05, 4.69) is 26.1 Å². The average molecular weight is 414 g/mol. The second kappa shape index (κ2) is 8.19. The summed E-state index contributed by atoms with van der Waals surface area (Å²) >= 11 is 3.41. The number of nitrogens with one attached hydrogen (secondary N) is 1. The standard InChI is InChI=1S/C20H20BrN3O2/c1-24(12-11-15-5-3-4-6-19(15)26-2)20(25)18-13-17(22-23-18)14-7-9-16(21)10-8-14/h3-10,13H,11-12H2,1-2H3,(H,22,23). The largest absolute Gasteiger partial charge is 0.496 e. The van der Waals surface area contributed by atoms with Gasteiger partial charge in [0, 0.05) is 23.6 Å². The molecule has 0 aliphatic heterocycles. The van der Waals surface area contributed by atoms with Crippen LogP contribution in [0.1, 0.15) is 16.1 Å². The Hall–Kier alpha value is -2.60. The average Bonchev–Trinajstić information content (AvgIpc) is 3.16. The molecule has 3 aromatic rings. The van der Waals surface area contributed by atoms with Gasteiger partial charge in [0.2, 0.25) is 0 Å². The van der Waals surface area contributed by atoms with Crippen LogP contribution in [0.3, 0.4) is 0 Å². The quantitative estimate of drug-likeness (QED) is 0.659. The maximum absolute atomic E-state index is 12.6. The first-order valence-electron chi connectivity index (χ1n) is 8.27. The second-order valence-electron chi connectivity index (χ2n) is 5.96. The van der Waals surface area contributed by atoms with Crippen LogP contribution in [-0.4, -0.2) is 41.7 Å². The number of aromatic amines is 1. The lowest BCUT2D eigenvalue weighted by Gasteiger charge is -2.17. The number of H-pyrrole nitrogens is 1. The molecule has 0 fully saturated rings. The van der Waals surface area contributed by atoms with Crippen molar-refractivity contribution >= 4 is 21.8 Å². The van der Waals surface area contributed by atoms with E-state index in [1.165, 1.54) is 0 Å². The van der Waals surface area contributed by atoms with Crippen LogP contribution in [-0.2, 0) is 6.42 Å². The molecule has 0 radical (unpaired) electrons. The van der Waals surface area contributed by atoms with Crippen LogP contribution in [0.25, 0.3) is 11.3 Å². The Morgan fingerprint density at radius 3 is 2.65 bits per heavy atom. The van der Waals surface area contributed by atoms with Gasteiger partial charge in [0.25, 0.3) is 5.91 Å². The van der Waals surface area contributed by atoms with Gasteiger partial charge in [-0.15, -0.1) is 0 Å². The first-order valence-corrected chi connectivity index (χ1v) is 9.06. The van der Waals surface area contributed by atoms with Gasteiger partial charge in [-0.25, -0.2) is 0 Å². The highest BCUT2D eigenvalue weighted by atomic mass is 79.9. The van der Waals surface area contributed by atoms with Gasteiger partial charge in [0.15, 0.2) is 0 Å². The zero-order chi connectivity index (χ0) is 18.5. The molecule has 26 heavy (non-hydrogen) atoms. The molecule has 0 aliphatic rings. The van der Waals surface area contributed by atoms with Gasteiger partial charge < -0.3 is 9.64 Å². The van der Waals surface area contributed by atoms with Crippen LogP contribution in [0.2, 0.25) is 0 Å². The first kappa shape index (κ1) is 18.2. The number of nitrogens with zero attached hydrogens (tertiary/aromatic N) is 2. The number of carbonyl (C=O) groups excluding carboxylic acids is 1. The summed E-state index contributed by atoms with van der Waals surface area (Å²) in [5, 5.41) is 7.10. The number of para-hydroxylation sites is 1. The lowest BCUT2D eigenvalue weighted by atomic mass is 10.1. The molecule has 1 heterocycles. The summed E-state index contributed by atoms with van der Waals surface area (Å²) < 4.78 is 6.36. The lowest BCUT2D eigenvalue weighted by Crippen LogP contribution is -2.29. The number of hydrogen-bond donors (Lipinski definition) is 1. The van der Waals surface area contributed by atoms with E-state index in [1.54, 1.807) is 25.1 Å². The number of rotatable bonds is 6. The molecule has 134 valence electrons. The van der Waals surface area contributed by atoms with E-state index in [0.29, 0.717) is 12.2 Å². The molecular formula is C20H20BrN3O2. The minimum Gasteiger partial charge on any atom is -0.496 e. The van der Waals surface area contributed by atoms with E-state index in [0.717, 1.165) is 33.5 Å². The Labute approximate surface area is 161 Å². The smallest absolute Gasteiger partial charge is 0.271 e. The van der Waals surface area contributed by atoms with Crippen LogP contribution in [0.15, 0.2) is 59.1 Å². The fourth-order valence-electron chi connectivity index (χ4n) is 2.70. The summed E-state index contributed by atoms with van der Waals surface area (Å²) in [4.78, 5) is 14.3. The van der Waals surface area contributed by atoms with Gasteiger partial charge >= 0.3 is 0 Å². The number of halogens is 1. The van der Waals surface area contributed by atoms with Crippen LogP contribution < -0.4 is 4.74 Å². The SMILES string of the molecule is COc1ccccc1CCN(C)C(=O)c1cc(-c2ccc(Br)cc2)n[nH]1. The summed E-state index contributed by atoms with van der Waals surface area (Å²) in [6, 6.07) is 17.4. The highest BCUT2D eigenvalue weighted by molar-refractivity contribution is 9.10. The number of benzene rings is 2. The van der Waals surface area contributed by atoms with Crippen molar-refractivity contribution in [2.75, 3.05) is 20.7 Å². The third-order valence-corrected chi connectivity index (χ3v) is 4.73.